The van der Waals surface area contributed by atoms with Crippen LogP contribution in [0.3, 0.4) is 0 Å². The van der Waals surface area contributed by atoms with Gasteiger partial charge in [-0.1, -0.05) is 11.6 Å². The van der Waals surface area contributed by atoms with Gasteiger partial charge in [0.1, 0.15) is 16.9 Å². The summed E-state index contributed by atoms with van der Waals surface area (Å²) in [6.45, 7) is 6.10. The molecule has 0 saturated carbocycles. The van der Waals surface area contributed by atoms with Gasteiger partial charge in [-0.15, -0.1) is 0 Å². The zero-order chi connectivity index (χ0) is 15.3. The molecule has 114 valence electrons. The fraction of sp³-hybridized carbons (Fsp3) is 0.375. The van der Waals surface area contributed by atoms with Gasteiger partial charge in [-0.25, -0.2) is 9.97 Å². The van der Waals surface area contributed by atoms with Crippen molar-refractivity contribution in [2.75, 3.05) is 38.1 Å². The Morgan fingerprint density at radius 1 is 1.23 bits per heavy atom. The van der Waals surface area contributed by atoms with Crippen LogP contribution >= 0.6 is 11.6 Å². The van der Waals surface area contributed by atoms with Crippen LogP contribution in [0.1, 0.15) is 5.82 Å². The lowest BCUT2D eigenvalue weighted by Crippen LogP contribution is -3.12. The summed E-state index contributed by atoms with van der Waals surface area (Å²) in [5, 5.41) is 1.64. The number of nitrogens with zero attached hydrogens (tertiary/aromatic N) is 3. The maximum absolute atomic E-state index is 6.12. The second kappa shape index (κ2) is 5.11. The molecule has 3 heterocycles. The Kier molecular flexibility index (Phi) is 3.20. The number of nitrogens with one attached hydrogen (secondary N) is 1. The summed E-state index contributed by atoms with van der Waals surface area (Å²) >= 11 is 6.12. The van der Waals surface area contributed by atoms with E-state index in [1.54, 1.807) is 4.90 Å². The summed E-state index contributed by atoms with van der Waals surface area (Å²) in [6.07, 6.45) is 0. The summed E-state index contributed by atoms with van der Waals surface area (Å²) in [7, 11) is 2.22. The Morgan fingerprint density at radius 2 is 2.00 bits per heavy atom. The van der Waals surface area contributed by atoms with E-state index in [1.165, 1.54) is 0 Å². The molecule has 0 radical (unpaired) electrons. The minimum atomic E-state index is 0.691. The summed E-state index contributed by atoms with van der Waals surface area (Å²) < 4.78 is 6.04. The molecule has 0 spiro atoms. The number of rotatable bonds is 1. The van der Waals surface area contributed by atoms with Crippen molar-refractivity contribution >= 4 is 39.5 Å². The molecule has 1 N–H and O–H groups in total. The first-order chi connectivity index (χ1) is 10.6. The van der Waals surface area contributed by atoms with Crippen molar-refractivity contribution in [3.63, 3.8) is 0 Å². The van der Waals surface area contributed by atoms with Crippen LogP contribution in [0, 0.1) is 6.92 Å². The molecule has 0 unspecified atom stereocenters. The van der Waals surface area contributed by atoms with Crippen molar-refractivity contribution in [3.05, 3.63) is 29.0 Å². The average Bonchev–Trinajstić information content (AvgIpc) is 2.85. The number of furan rings is 1. The first-order valence-corrected chi connectivity index (χ1v) is 7.92. The predicted molar refractivity (Wildman–Crippen MR) is 87.9 cm³/mol. The van der Waals surface area contributed by atoms with Gasteiger partial charge >= 0.3 is 0 Å². The third kappa shape index (κ3) is 2.21. The lowest BCUT2D eigenvalue weighted by Gasteiger charge is -2.30. The van der Waals surface area contributed by atoms with Gasteiger partial charge < -0.3 is 14.2 Å². The summed E-state index contributed by atoms with van der Waals surface area (Å²) in [6, 6.07) is 5.64. The number of halogens is 1. The van der Waals surface area contributed by atoms with Crippen molar-refractivity contribution in [1.29, 1.82) is 0 Å². The molecule has 22 heavy (non-hydrogen) atoms. The van der Waals surface area contributed by atoms with Crippen LogP contribution in [-0.4, -0.2) is 43.2 Å². The van der Waals surface area contributed by atoms with E-state index in [2.05, 4.69) is 21.9 Å². The van der Waals surface area contributed by atoms with Gasteiger partial charge in [0, 0.05) is 10.4 Å². The Bertz CT molecular complexity index is 852. The number of hydrogen-bond acceptors (Lipinski definition) is 4. The summed E-state index contributed by atoms with van der Waals surface area (Å²) in [5.74, 6) is 1.67. The van der Waals surface area contributed by atoms with Gasteiger partial charge in [-0.3, -0.25) is 0 Å². The van der Waals surface area contributed by atoms with Gasteiger partial charge in [0.05, 0.1) is 33.2 Å². The lowest BCUT2D eigenvalue weighted by molar-refractivity contribution is -0.880. The quantitative estimate of drug-likeness (QED) is 0.742. The molecule has 4 rings (SSSR count). The fourth-order valence-corrected chi connectivity index (χ4v) is 3.20. The number of aromatic nitrogens is 2. The Balaban J connectivity index is 1.92. The van der Waals surface area contributed by atoms with E-state index < -0.39 is 0 Å². The Labute approximate surface area is 133 Å². The molecule has 0 bridgehead atoms. The Hall–Kier alpha value is -1.85. The molecule has 1 fully saturated rings. The van der Waals surface area contributed by atoms with Gasteiger partial charge in [-0.2, -0.15) is 0 Å². The number of fused-ring (bicyclic) bond motifs is 3. The lowest BCUT2D eigenvalue weighted by atomic mass is 10.2. The summed E-state index contributed by atoms with van der Waals surface area (Å²) in [4.78, 5) is 13.1. The fourth-order valence-electron chi connectivity index (χ4n) is 3.02. The van der Waals surface area contributed by atoms with Crippen LogP contribution in [0.4, 0.5) is 5.82 Å². The first kappa shape index (κ1) is 13.8. The molecule has 0 atom stereocenters. The molecule has 0 aliphatic carbocycles. The second-order valence-electron chi connectivity index (χ2n) is 5.96. The van der Waals surface area contributed by atoms with Crippen molar-refractivity contribution < 1.29 is 9.32 Å². The van der Waals surface area contributed by atoms with E-state index in [-0.39, 0.29) is 0 Å². The minimum Gasteiger partial charge on any atom is -0.450 e. The molecule has 3 aromatic rings. The average molecular weight is 318 g/mol. The molecule has 1 aliphatic heterocycles. The van der Waals surface area contributed by atoms with Crippen molar-refractivity contribution in [2.45, 2.75) is 6.92 Å². The molecule has 2 aromatic heterocycles. The third-order valence-electron chi connectivity index (χ3n) is 4.28. The highest BCUT2D eigenvalue weighted by molar-refractivity contribution is 6.31. The molecule has 1 aromatic carbocycles. The Morgan fingerprint density at radius 3 is 2.77 bits per heavy atom. The topological polar surface area (TPSA) is 46.6 Å². The van der Waals surface area contributed by atoms with Gasteiger partial charge in [0.15, 0.2) is 11.4 Å². The van der Waals surface area contributed by atoms with Crippen LogP contribution < -0.4 is 9.80 Å². The van der Waals surface area contributed by atoms with Gasteiger partial charge in [0.2, 0.25) is 0 Å². The molecule has 0 amide bonds. The van der Waals surface area contributed by atoms with Crippen molar-refractivity contribution in [1.82, 2.24) is 9.97 Å². The van der Waals surface area contributed by atoms with Crippen molar-refractivity contribution in [2.24, 2.45) is 0 Å². The molecule has 1 aliphatic rings. The number of piperazine rings is 1. The predicted octanol–water partition coefficient (Wildman–Crippen LogP) is 1.67. The van der Waals surface area contributed by atoms with Crippen LogP contribution in [-0.2, 0) is 0 Å². The normalized spacial score (nSPS) is 16.8. The smallest absolute Gasteiger partial charge is 0.196 e. The minimum absolute atomic E-state index is 0.691. The van der Waals surface area contributed by atoms with Crippen LogP contribution in [0.5, 0.6) is 0 Å². The zero-order valence-electron chi connectivity index (χ0n) is 12.7. The highest BCUT2D eigenvalue weighted by Crippen LogP contribution is 2.34. The number of aryl methyl sites for hydroxylation is 1. The van der Waals surface area contributed by atoms with E-state index in [4.69, 9.17) is 16.0 Å². The van der Waals surface area contributed by atoms with E-state index >= 15 is 0 Å². The highest BCUT2D eigenvalue weighted by Gasteiger charge is 2.23. The molecule has 5 nitrogen and oxygen atoms in total. The highest BCUT2D eigenvalue weighted by atomic mass is 35.5. The largest absolute Gasteiger partial charge is 0.450 e. The number of quaternary nitrogens is 1. The summed E-state index contributed by atoms with van der Waals surface area (Å²) in [5.41, 5.74) is 2.42. The second-order valence-corrected chi connectivity index (χ2v) is 6.40. The maximum atomic E-state index is 6.12. The number of likely N-dealkylation sites (N-methyl/N-ethyl adjacent to an activating group) is 1. The van der Waals surface area contributed by atoms with Crippen molar-refractivity contribution in [3.8, 4) is 0 Å². The molecular weight excluding hydrogens is 300 g/mol. The van der Waals surface area contributed by atoms with E-state index in [0.29, 0.717) is 5.02 Å². The zero-order valence-corrected chi connectivity index (χ0v) is 13.4. The standard InChI is InChI=1S/C16H17ClN4O/c1-10-18-14-12-9-11(17)3-4-13(12)22-15(14)16(19-10)21-7-5-20(2)6-8-21/h3-4,9H,5-8H2,1-2H3/p+1. The maximum Gasteiger partial charge on any atom is 0.196 e. The molecule has 1 saturated heterocycles. The molecular formula is C16H18ClN4O+. The van der Waals surface area contributed by atoms with Gasteiger partial charge in [0.25, 0.3) is 0 Å². The van der Waals surface area contributed by atoms with E-state index in [0.717, 1.165) is 59.9 Å². The molecule has 6 heteroatoms. The van der Waals surface area contributed by atoms with Crippen LogP contribution in [0.25, 0.3) is 22.1 Å². The van der Waals surface area contributed by atoms with E-state index in [1.807, 2.05) is 25.1 Å². The number of hydrogen-bond donors (Lipinski definition) is 1. The van der Waals surface area contributed by atoms with E-state index in [9.17, 15) is 0 Å². The monoisotopic (exact) mass is 317 g/mol. The number of anilines is 1. The first-order valence-electron chi connectivity index (χ1n) is 7.54. The number of benzene rings is 1. The van der Waals surface area contributed by atoms with Gasteiger partial charge in [-0.05, 0) is 25.1 Å². The third-order valence-corrected chi connectivity index (χ3v) is 4.52. The van der Waals surface area contributed by atoms with Crippen LogP contribution in [0.15, 0.2) is 22.6 Å². The van der Waals surface area contributed by atoms with Crippen LogP contribution in [0.2, 0.25) is 5.02 Å². The SMILES string of the molecule is Cc1nc(N2CC[NH+](C)CC2)c2oc3ccc(Cl)cc3c2n1.